The second-order valence-corrected chi connectivity index (χ2v) is 2.62. The highest BCUT2D eigenvalue weighted by atomic mass is 19.1. The molecular formula is C9H7FN2O2. The van der Waals surface area contributed by atoms with Gasteiger partial charge in [-0.15, -0.1) is 0 Å². The molecular weight excluding hydrogens is 187 g/mol. The number of carbonyl (C=O) groups excluding carboxylic acids is 1. The number of benzene rings is 1. The van der Waals surface area contributed by atoms with Crippen LogP contribution in [0.3, 0.4) is 0 Å². The summed E-state index contributed by atoms with van der Waals surface area (Å²) in [6.45, 7) is -1.13. The Morgan fingerprint density at radius 2 is 2.29 bits per heavy atom. The number of ether oxygens (including phenoxy) is 1. The molecule has 0 aliphatic rings. The maximum atomic E-state index is 11.8. The van der Waals surface area contributed by atoms with Crippen molar-refractivity contribution in [3.63, 3.8) is 0 Å². The average Bonchev–Trinajstić information content (AvgIpc) is 2.61. The Balaban J connectivity index is 2.47. The van der Waals surface area contributed by atoms with Crippen LogP contribution in [-0.4, -0.2) is 22.5 Å². The van der Waals surface area contributed by atoms with E-state index in [2.05, 4.69) is 9.72 Å². The van der Waals surface area contributed by atoms with Crippen molar-refractivity contribution in [3.05, 3.63) is 30.6 Å². The molecule has 0 atom stereocenters. The molecule has 0 bridgehead atoms. The van der Waals surface area contributed by atoms with E-state index in [4.69, 9.17) is 0 Å². The lowest BCUT2D eigenvalue weighted by atomic mass is 10.3. The van der Waals surface area contributed by atoms with Crippen LogP contribution in [0.15, 0.2) is 30.6 Å². The Labute approximate surface area is 78.9 Å². The zero-order valence-electron chi connectivity index (χ0n) is 7.18. The van der Waals surface area contributed by atoms with Crippen molar-refractivity contribution < 1.29 is 13.9 Å². The van der Waals surface area contributed by atoms with E-state index < -0.39 is 13.0 Å². The number of hydrogen-bond donors (Lipinski definition) is 0. The summed E-state index contributed by atoms with van der Waals surface area (Å²) in [5.74, 6) is 0. The Kier molecular flexibility index (Phi) is 2.14. The van der Waals surface area contributed by atoms with Gasteiger partial charge in [0.1, 0.15) is 6.33 Å². The van der Waals surface area contributed by atoms with Crippen LogP contribution < -0.4 is 0 Å². The summed E-state index contributed by atoms with van der Waals surface area (Å²) < 4.78 is 17.1. The summed E-state index contributed by atoms with van der Waals surface area (Å²) in [5, 5.41) is 0. The van der Waals surface area contributed by atoms with Gasteiger partial charge in [0.2, 0.25) is 6.86 Å². The van der Waals surface area contributed by atoms with E-state index in [1.54, 1.807) is 24.3 Å². The fourth-order valence-electron chi connectivity index (χ4n) is 1.22. The minimum absolute atomic E-state index is 0.603. The van der Waals surface area contributed by atoms with E-state index in [9.17, 15) is 9.18 Å². The van der Waals surface area contributed by atoms with E-state index in [1.165, 1.54) is 6.33 Å². The number of fused-ring (bicyclic) bond motifs is 1. The van der Waals surface area contributed by atoms with Crippen LogP contribution in [0.4, 0.5) is 9.18 Å². The molecule has 5 heteroatoms. The molecule has 4 nitrogen and oxygen atoms in total. The standard InChI is InChI=1S/C9H7FN2O2/c10-5-14-9(13)12-6-11-7-3-1-2-4-8(7)12/h1-4,6H,5H2. The molecule has 14 heavy (non-hydrogen) atoms. The largest absolute Gasteiger partial charge is 0.422 e. The van der Waals surface area contributed by atoms with Crippen molar-refractivity contribution >= 4 is 17.1 Å². The number of aromatic nitrogens is 2. The number of rotatable bonds is 1. The number of hydrogen-bond acceptors (Lipinski definition) is 3. The van der Waals surface area contributed by atoms with Gasteiger partial charge in [-0.05, 0) is 12.1 Å². The molecule has 0 radical (unpaired) electrons. The number of imidazole rings is 1. The zero-order chi connectivity index (χ0) is 9.97. The van der Waals surface area contributed by atoms with Crippen molar-refractivity contribution in [3.8, 4) is 0 Å². The lowest BCUT2D eigenvalue weighted by Gasteiger charge is -2.00. The summed E-state index contributed by atoms with van der Waals surface area (Å²) in [7, 11) is 0. The van der Waals surface area contributed by atoms with Gasteiger partial charge in [-0.25, -0.2) is 18.7 Å². The van der Waals surface area contributed by atoms with Crippen LogP contribution in [0.1, 0.15) is 0 Å². The van der Waals surface area contributed by atoms with Crippen molar-refractivity contribution in [1.82, 2.24) is 9.55 Å². The van der Waals surface area contributed by atoms with Crippen molar-refractivity contribution in [2.45, 2.75) is 0 Å². The number of nitrogens with zero attached hydrogens (tertiary/aromatic N) is 2. The second-order valence-electron chi connectivity index (χ2n) is 2.62. The molecule has 0 aliphatic carbocycles. The first-order valence-corrected chi connectivity index (χ1v) is 3.98. The van der Waals surface area contributed by atoms with E-state index in [1.807, 2.05) is 0 Å². The summed E-state index contributed by atoms with van der Waals surface area (Å²) in [5.41, 5.74) is 1.27. The third kappa shape index (κ3) is 1.32. The maximum absolute atomic E-state index is 11.8. The average molecular weight is 194 g/mol. The van der Waals surface area contributed by atoms with Gasteiger partial charge in [-0.3, -0.25) is 0 Å². The summed E-state index contributed by atoms with van der Waals surface area (Å²) in [6, 6.07) is 7.04. The van der Waals surface area contributed by atoms with Crippen LogP contribution in [0, 0.1) is 0 Å². The van der Waals surface area contributed by atoms with Gasteiger partial charge in [-0.2, -0.15) is 0 Å². The molecule has 1 aromatic carbocycles. The van der Waals surface area contributed by atoms with Gasteiger partial charge < -0.3 is 4.74 Å². The first-order valence-electron chi connectivity index (χ1n) is 3.98. The SMILES string of the molecule is O=C(OCF)n1cnc2ccccc21. The van der Waals surface area contributed by atoms with Crippen LogP contribution >= 0.6 is 0 Å². The smallest absolute Gasteiger partial charge is 0.417 e. The molecule has 0 saturated heterocycles. The Bertz CT molecular complexity index is 467. The number of para-hydroxylation sites is 2. The van der Waals surface area contributed by atoms with E-state index in [0.29, 0.717) is 11.0 Å². The van der Waals surface area contributed by atoms with Gasteiger partial charge in [0.05, 0.1) is 11.0 Å². The van der Waals surface area contributed by atoms with Gasteiger partial charge in [-0.1, -0.05) is 12.1 Å². The zero-order valence-corrected chi connectivity index (χ0v) is 7.18. The Hall–Kier alpha value is -1.91. The number of carbonyl (C=O) groups is 1. The van der Waals surface area contributed by atoms with Gasteiger partial charge >= 0.3 is 6.09 Å². The van der Waals surface area contributed by atoms with E-state index >= 15 is 0 Å². The molecule has 1 heterocycles. The molecule has 0 aliphatic heterocycles. The van der Waals surface area contributed by atoms with Crippen LogP contribution in [0.25, 0.3) is 11.0 Å². The molecule has 0 amide bonds. The third-order valence-electron chi connectivity index (χ3n) is 1.83. The lowest BCUT2D eigenvalue weighted by molar-refractivity contribution is 0.100. The topological polar surface area (TPSA) is 44.1 Å². The summed E-state index contributed by atoms with van der Waals surface area (Å²) in [4.78, 5) is 15.1. The van der Waals surface area contributed by atoms with Crippen molar-refractivity contribution in [1.29, 1.82) is 0 Å². The lowest BCUT2D eigenvalue weighted by Crippen LogP contribution is -2.11. The highest BCUT2D eigenvalue weighted by molar-refractivity contribution is 5.86. The minimum atomic E-state index is -1.13. The monoisotopic (exact) mass is 194 g/mol. The highest BCUT2D eigenvalue weighted by Crippen LogP contribution is 2.11. The molecule has 0 saturated carbocycles. The van der Waals surface area contributed by atoms with E-state index in [-0.39, 0.29) is 0 Å². The molecule has 0 fully saturated rings. The molecule has 72 valence electrons. The summed E-state index contributed by atoms with van der Waals surface area (Å²) in [6.07, 6.45) is 0.545. The Morgan fingerprint density at radius 1 is 1.50 bits per heavy atom. The van der Waals surface area contributed by atoms with Crippen LogP contribution in [0.2, 0.25) is 0 Å². The summed E-state index contributed by atoms with van der Waals surface area (Å²) >= 11 is 0. The predicted molar refractivity (Wildman–Crippen MR) is 47.6 cm³/mol. The van der Waals surface area contributed by atoms with Crippen molar-refractivity contribution in [2.75, 3.05) is 6.86 Å². The molecule has 2 rings (SSSR count). The van der Waals surface area contributed by atoms with Crippen molar-refractivity contribution in [2.24, 2.45) is 0 Å². The molecule has 0 N–H and O–H groups in total. The first kappa shape index (κ1) is 8.68. The minimum Gasteiger partial charge on any atom is -0.417 e. The number of halogens is 1. The van der Waals surface area contributed by atoms with E-state index in [0.717, 1.165) is 4.57 Å². The third-order valence-corrected chi connectivity index (χ3v) is 1.83. The maximum Gasteiger partial charge on any atom is 0.422 e. The molecule has 1 aromatic heterocycles. The quantitative estimate of drug-likeness (QED) is 0.696. The normalized spacial score (nSPS) is 10.4. The van der Waals surface area contributed by atoms with Gasteiger partial charge in [0.15, 0.2) is 0 Å². The highest BCUT2D eigenvalue weighted by Gasteiger charge is 2.09. The fourth-order valence-corrected chi connectivity index (χ4v) is 1.22. The second kappa shape index (κ2) is 3.45. The molecule has 0 unspecified atom stereocenters. The first-order chi connectivity index (χ1) is 6.83. The molecule has 0 spiro atoms. The van der Waals surface area contributed by atoms with Gasteiger partial charge in [0, 0.05) is 0 Å². The number of alkyl halides is 1. The van der Waals surface area contributed by atoms with Gasteiger partial charge in [0.25, 0.3) is 0 Å². The van der Waals surface area contributed by atoms with Crippen LogP contribution in [0.5, 0.6) is 0 Å². The fraction of sp³-hybridized carbons (Fsp3) is 0.111. The Morgan fingerprint density at radius 3 is 3.07 bits per heavy atom. The predicted octanol–water partition coefficient (Wildman–Crippen LogP) is 1.95. The molecule has 2 aromatic rings. The van der Waals surface area contributed by atoms with Crippen LogP contribution in [-0.2, 0) is 4.74 Å².